The van der Waals surface area contributed by atoms with Crippen LogP contribution in [0.2, 0.25) is 0 Å². The van der Waals surface area contributed by atoms with Gasteiger partial charge in [-0.25, -0.2) is 4.79 Å². The number of hydrogen-bond acceptors (Lipinski definition) is 9. The molecule has 15 heteroatoms. The van der Waals surface area contributed by atoms with E-state index in [-0.39, 0.29) is 24.3 Å². The molecule has 13 nitrogen and oxygen atoms in total. The van der Waals surface area contributed by atoms with E-state index in [1.54, 1.807) is 0 Å². The van der Waals surface area contributed by atoms with E-state index in [1.807, 2.05) is 0 Å². The van der Waals surface area contributed by atoms with Gasteiger partial charge in [-0.05, 0) is 6.42 Å². The second-order valence-corrected chi connectivity index (χ2v) is 6.83. The van der Waals surface area contributed by atoms with Crippen LogP contribution >= 0.6 is 25.3 Å². The molecule has 170 valence electrons. The predicted molar refractivity (Wildman–Crippen MR) is 110 cm³/mol. The van der Waals surface area contributed by atoms with Crippen molar-refractivity contribution < 1.29 is 39.0 Å². The molecule has 0 aromatic heterocycles. The van der Waals surface area contributed by atoms with Gasteiger partial charge in [-0.3, -0.25) is 24.0 Å². The highest BCUT2D eigenvalue weighted by atomic mass is 32.1. The molecule has 0 radical (unpaired) electrons. The lowest BCUT2D eigenvalue weighted by molar-refractivity contribution is -0.143. The number of nitrogens with two attached hydrogens (primary N) is 2. The van der Waals surface area contributed by atoms with Crippen molar-refractivity contribution in [3.63, 3.8) is 0 Å². The smallest absolute Gasteiger partial charge is 0.327 e. The summed E-state index contributed by atoms with van der Waals surface area (Å²) in [5, 5.41) is 24.5. The molecule has 0 fully saturated rings. The molecule has 0 heterocycles. The van der Waals surface area contributed by atoms with Crippen LogP contribution in [-0.4, -0.2) is 81.5 Å². The molecule has 4 amide bonds. The highest BCUT2D eigenvalue weighted by Gasteiger charge is 2.31. The molecule has 0 aliphatic heterocycles. The second-order valence-electron chi connectivity index (χ2n) is 6.10. The van der Waals surface area contributed by atoms with Crippen LogP contribution in [-0.2, 0) is 28.8 Å². The third-order valence-electron chi connectivity index (χ3n) is 3.65. The zero-order chi connectivity index (χ0) is 23.4. The Kier molecular flexibility index (Phi) is 12.5. The van der Waals surface area contributed by atoms with Crippen molar-refractivity contribution in [3.8, 4) is 0 Å². The Morgan fingerprint density at radius 2 is 1.30 bits per heavy atom. The molecule has 4 atom stereocenters. The summed E-state index contributed by atoms with van der Waals surface area (Å²) in [4.78, 5) is 69.9. The molecular formula is C15H25N5O8S2. The summed E-state index contributed by atoms with van der Waals surface area (Å²) in [6, 6.07) is -5.52. The van der Waals surface area contributed by atoms with Crippen LogP contribution in [0.1, 0.15) is 19.3 Å². The van der Waals surface area contributed by atoms with Crippen LogP contribution in [0.3, 0.4) is 0 Å². The Morgan fingerprint density at radius 1 is 0.800 bits per heavy atom. The van der Waals surface area contributed by atoms with Crippen molar-refractivity contribution in [1.29, 1.82) is 0 Å². The zero-order valence-corrected chi connectivity index (χ0v) is 17.5. The van der Waals surface area contributed by atoms with E-state index in [9.17, 15) is 28.8 Å². The van der Waals surface area contributed by atoms with Gasteiger partial charge in [0.1, 0.15) is 18.1 Å². The number of primary amides is 1. The van der Waals surface area contributed by atoms with E-state index in [0.717, 1.165) is 0 Å². The van der Waals surface area contributed by atoms with Gasteiger partial charge in [0.2, 0.25) is 23.6 Å². The summed E-state index contributed by atoms with van der Waals surface area (Å²) >= 11 is 7.63. The molecule has 0 aromatic rings. The van der Waals surface area contributed by atoms with Gasteiger partial charge in [-0.1, -0.05) is 0 Å². The number of thiol groups is 2. The minimum absolute atomic E-state index is 0.0722. The van der Waals surface area contributed by atoms with Crippen LogP contribution < -0.4 is 27.4 Å². The number of carbonyl (C=O) groups is 6. The average molecular weight is 468 g/mol. The van der Waals surface area contributed by atoms with Crippen molar-refractivity contribution >= 4 is 60.8 Å². The molecule has 0 saturated carbocycles. The molecule has 4 unspecified atom stereocenters. The Labute approximate surface area is 182 Å². The maximum atomic E-state index is 12.5. The SMILES string of the molecule is NC(=O)CCC(NC(=O)C(CC(=O)O)NC(=O)C(N)CS)C(=O)NC(CS)C(=O)O. The summed E-state index contributed by atoms with van der Waals surface area (Å²) < 4.78 is 0. The lowest BCUT2D eigenvalue weighted by atomic mass is 10.1. The summed E-state index contributed by atoms with van der Waals surface area (Å²) in [5.41, 5.74) is 10.5. The molecule has 30 heavy (non-hydrogen) atoms. The van der Waals surface area contributed by atoms with E-state index in [4.69, 9.17) is 21.7 Å². The fourth-order valence-electron chi connectivity index (χ4n) is 2.03. The number of rotatable bonds is 14. The number of amides is 4. The number of aliphatic carboxylic acids is 2. The third-order valence-corrected chi connectivity index (χ3v) is 4.41. The molecule has 0 spiro atoms. The fourth-order valence-corrected chi connectivity index (χ4v) is 2.44. The number of carboxylic acid groups (broad SMARTS) is 2. The molecule has 0 saturated heterocycles. The summed E-state index contributed by atoms with van der Waals surface area (Å²) in [6.07, 6.45) is -1.46. The van der Waals surface area contributed by atoms with Crippen molar-refractivity contribution in [3.05, 3.63) is 0 Å². The van der Waals surface area contributed by atoms with E-state index < -0.39 is 66.2 Å². The van der Waals surface area contributed by atoms with E-state index in [2.05, 4.69) is 41.2 Å². The zero-order valence-electron chi connectivity index (χ0n) is 15.7. The summed E-state index contributed by atoms with van der Waals surface area (Å²) in [5.74, 6) is -6.78. The molecular weight excluding hydrogens is 442 g/mol. The van der Waals surface area contributed by atoms with E-state index in [0.29, 0.717) is 0 Å². The monoisotopic (exact) mass is 467 g/mol. The van der Waals surface area contributed by atoms with Gasteiger partial charge in [0.15, 0.2) is 0 Å². The van der Waals surface area contributed by atoms with Crippen molar-refractivity contribution in [1.82, 2.24) is 16.0 Å². The van der Waals surface area contributed by atoms with Gasteiger partial charge in [0.25, 0.3) is 0 Å². The lowest BCUT2D eigenvalue weighted by Gasteiger charge is -2.24. The molecule has 0 aromatic carbocycles. The molecule has 0 rings (SSSR count). The first kappa shape index (κ1) is 27.5. The van der Waals surface area contributed by atoms with Gasteiger partial charge >= 0.3 is 11.9 Å². The minimum atomic E-state index is -1.59. The predicted octanol–water partition coefficient (Wildman–Crippen LogP) is -3.55. The van der Waals surface area contributed by atoms with Gasteiger partial charge in [-0.15, -0.1) is 0 Å². The summed E-state index contributed by atoms with van der Waals surface area (Å²) in [7, 11) is 0. The van der Waals surface area contributed by atoms with Crippen LogP contribution in [0, 0.1) is 0 Å². The van der Waals surface area contributed by atoms with Crippen LogP contribution in [0.5, 0.6) is 0 Å². The Morgan fingerprint density at radius 3 is 1.73 bits per heavy atom. The number of carbonyl (C=O) groups excluding carboxylic acids is 4. The number of hydrogen-bond donors (Lipinski definition) is 9. The lowest BCUT2D eigenvalue weighted by Crippen LogP contribution is -2.58. The largest absolute Gasteiger partial charge is 0.481 e. The standard InChI is InChI=1S/C15H25N5O8S2/c16-6(4-29)12(24)19-8(3-11(22)23)14(26)18-7(1-2-10(17)21)13(25)20-9(5-30)15(27)28/h6-9,29-30H,1-5,16H2,(H2,17,21)(H,18,26)(H,19,24)(H,20,25)(H,22,23)(H,27,28). The molecule has 0 aliphatic carbocycles. The van der Waals surface area contributed by atoms with Crippen molar-refractivity contribution in [2.75, 3.05) is 11.5 Å². The van der Waals surface area contributed by atoms with Gasteiger partial charge in [-0.2, -0.15) is 25.3 Å². The van der Waals surface area contributed by atoms with Gasteiger partial charge < -0.3 is 37.6 Å². The van der Waals surface area contributed by atoms with Crippen LogP contribution in [0.25, 0.3) is 0 Å². The minimum Gasteiger partial charge on any atom is -0.481 e. The van der Waals surface area contributed by atoms with E-state index >= 15 is 0 Å². The summed E-state index contributed by atoms with van der Waals surface area (Å²) in [6.45, 7) is 0. The highest BCUT2D eigenvalue weighted by Crippen LogP contribution is 2.03. The highest BCUT2D eigenvalue weighted by molar-refractivity contribution is 7.80. The first-order valence-electron chi connectivity index (χ1n) is 8.54. The Hall–Kier alpha value is -2.52. The molecule has 0 aliphatic rings. The topological polar surface area (TPSA) is 231 Å². The Bertz CT molecular complexity index is 677. The van der Waals surface area contributed by atoms with Crippen molar-refractivity contribution in [2.45, 2.75) is 43.4 Å². The van der Waals surface area contributed by atoms with Crippen LogP contribution in [0.15, 0.2) is 0 Å². The third kappa shape index (κ3) is 10.3. The molecule has 9 N–H and O–H groups in total. The van der Waals surface area contributed by atoms with Crippen LogP contribution in [0.4, 0.5) is 0 Å². The number of carboxylic acids is 2. The number of nitrogens with one attached hydrogen (secondary N) is 3. The Balaban J connectivity index is 5.45. The normalized spacial score (nSPS) is 14.5. The maximum absolute atomic E-state index is 12.5. The maximum Gasteiger partial charge on any atom is 0.327 e. The molecule has 0 bridgehead atoms. The van der Waals surface area contributed by atoms with E-state index in [1.165, 1.54) is 0 Å². The second kappa shape index (κ2) is 13.7. The average Bonchev–Trinajstić information content (AvgIpc) is 2.66. The first-order chi connectivity index (χ1) is 13.9. The van der Waals surface area contributed by atoms with Crippen molar-refractivity contribution in [2.24, 2.45) is 11.5 Å². The quantitative estimate of drug-likeness (QED) is 0.115. The van der Waals surface area contributed by atoms with Gasteiger partial charge in [0.05, 0.1) is 12.5 Å². The first-order valence-corrected chi connectivity index (χ1v) is 9.80. The van der Waals surface area contributed by atoms with Gasteiger partial charge in [0, 0.05) is 17.9 Å². The fraction of sp³-hybridized carbons (Fsp3) is 0.600.